The smallest absolute Gasteiger partial charge is 0.129 e. The summed E-state index contributed by atoms with van der Waals surface area (Å²) in [7, 11) is 0. The molecule has 104 valence electrons. The van der Waals surface area contributed by atoms with Crippen molar-refractivity contribution in [2.45, 2.75) is 18.8 Å². The zero-order chi connectivity index (χ0) is 13.6. The first-order chi connectivity index (χ1) is 9.92. The van der Waals surface area contributed by atoms with E-state index in [9.17, 15) is 0 Å². The Hall–Kier alpha value is -2.01. The van der Waals surface area contributed by atoms with E-state index in [1.165, 1.54) is 5.56 Å². The van der Waals surface area contributed by atoms with Gasteiger partial charge in [0.2, 0.25) is 0 Å². The van der Waals surface area contributed by atoms with E-state index in [1.807, 2.05) is 30.6 Å². The fourth-order valence-corrected chi connectivity index (χ4v) is 2.34. The van der Waals surface area contributed by atoms with Crippen LogP contribution in [0.25, 0.3) is 0 Å². The second-order valence-electron chi connectivity index (χ2n) is 4.92. The molecule has 2 aromatic heterocycles. The second kappa shape index (κ2) is 6.43. The third-order valence-electron chi connectivity index (χ3n) is 3.51. The van der Waals surface area contributed by atoms with Crippen molar-refractivity contribution < 1.29 is 4.74 Å². The van der Waals surface area contributed by atoms with Gasteiger partial charge >= 0.3 is 0 Å². The van der Waals surface area contributed by atoms with Gasteiger partial charge in [0.25, 0.3) is 0 Å². The summed E-state index contributed by atoms with van der Waals surface area (Å²) in [6.45, 7) is 2.45. The number of hydrogen-bond donors (Lipinski definition) is 1. The zero-order valence-corrected chi connectivity index (χ0v) is 11.3. The number of ether oxygens (including phenoxy) is 1. The minimum Gasteiger partial charge on any atom is -0.381 e. The molecule has 3 rings (SSSR count). The first kappa shape index (κ1) is 13.0. The predicted molar refractivity (Wildman–Crippen MR) is 76.6 cm³/mol. The summed E-state index contributed by atoms with van der Waals surface area (Å²) >= 11 is 0. The molecule has 2 aromatic rings. The topological polar surface area (TPSA) is 59.9 Å². The quantitative estimate of drug-likeness (QED) is 0.900. The van der Waals surface area contributed by atoms with Crippen molar-refractivity contribution in [3.63, 3.8) is 0 Å². The van der Waals surface area contributed by atoms with E-state index in [0.717, 1.165) is 44.1 Å². The number of nitrogens with zero attached hydrogens (tertiary/aromatic N) is 3. The van der Waals surface area contributed by atoms with Crippen molar-refractivity contribution in [1.29, 1.82) is 0 Å². The third kappa shape index (κ3) is 3.30. The molecule has 0 aromatic carbocycles. The van der Waals surface area contributed by atoms with E-state index in [4.69, 9.17) is 4.74 Å². The molecule has 1 N–H and O–H groups in total. The van der Waals surface area contributed by atoms with Crippen LogP contribution >= 0.6 is 0 Å². The molecule has 3 heterocycles. The van der Waals surface area contributed by atoms with E-state index in [0.29, 0.717) is 5.92 Å². The minimum atomic E-state index is 0.416. The summed E-state index contributed by atoms with van der Waals surface area (Å²) < 4.78 is 5.40. The lowest BCUT2D eigenvalue weighted by atomic mass is 10.1. The van der Waals surface area contributed by atoms with Gasteiger partial charge in [0.15, 0.2) is 0 Å². The predicted octanol–water partition coefficient (Wildman–Crippen LogP) is 2.03. The Morgan fingerprint density at radius 1 is 1.25 bits per heavy atom. The van der Waals surface area contributed by atoms with Gasteiger partial charge in [-0.2, -0.15) is 0 Å². The van der Waals surface area contributed by atoms with Crippen LogP contribution in [0.15, 0.2) is 36.9 Å². The van der Waals surface area contributed by atoms with Gasteiger partial charge in [-0.05, 0) is 30.5 Å². The normalized spacial score (nSPS) is 18.1. The zero-order valence-electron chi connectivity index (χ0n) is 11.3. The first-order valence-corrected chi connectivity index (χ1v) is 6.94. The molecule has 1 atom stereocenters. The molecule has 0 amide bonds. The standard InChI is InChI=1S/C15H18N4O/c1-5-16-6-2-12(1)3-7-17-15-9-14(18-11-19-15)13-4-8-20-10-13/h1-2,5-6,9,11,13H,3-4,7-8,10H2,(H,17,18,19)/t13-/m1/s1. The van der Waals surface area contributed by atoms with Gasteiger partial charge < -0.3 is 10.1 Å². The summed E-state index contributed by atoms with van der Waals surface area (Å²) in [5.41, 5.74) is 2.34. The number of nitrogens with one attached hydrogen (secondary N) is 1. The fraction of sp³-hybridized carbons (Fsp3) is 0.400. The van der Waals surface area contributed by atoms with Crippen LogP contribution in [-0.4, -0.2) is 34.7 Å². The molecule has 0 spiro atoms. The average Bonchev–Trinajstić information content (AvgIpc) is 3.03. The van der Waals surface area contributed by atoms with E-state index in [1.54, 1.807) is 6.33 Å². The maximum absolute atomic E-state index is 5.40. The van der Waals surface area contributed by atoms with Gasteiger partial charge in [-0.25, -0.2) is 9.97 Å². The summed E-state index contributed by atoms with van der Waals surface area (Å²) in [4.78, 5) is 12.6. The number of hydrogen-bond acceptors (Lipinski definition) is 5. The van der Waals surface area contributed by atoms with Crippen molar-refractivity contribution in [2.75, 3.05) is 25.1 Å². The van der Waals surface area contributed by atoms with E-state index >= 15 is 0 Å². The molecule has 20 heavy (non-hydrogen) atoms. The van der Waals surface area contributed by atoms with Crippen molar-refractivity contribution in [3.8, 4) is 0 Å². The first-order valence-electron chi connectivity index (χ1n) is 6.94. The van der Waals surface area contributed by atoms with E-state index in [2.05, 4.69) is 20.3 Å². The highest BCUT2D eigenvalue weighted by atomic mass is 16.5. The molecule has 0 bridgehead atoms. The second-order valence-corrected chi connectivity index (χ2v) is 4.92. The lowest BCUT2D eigenvalue weighted by molar-refractivity contribution is 0.193. The summed E-state index contributed by atoms with van der Waals surface area (Å²) in [6.07, 6.45) is 7.26. The molecule has 5 heteroatoms. The molecule has 1 aliphatic rings. The van der Waals surface area contributed by atoms with Crippen molar-refractivity contribution >= 4 is 5.82 Å². The number of rotatable bonds is 5. The molecule has 0 aliphatic carbocycles. The largest absolute Gasteiger partial charge is 0.381 e. The van der Waals surface area contributed by atoms with Gasteiger partial charge in [-0.3, -0.25) is 4.98 Å². The van der Waals surface area contributed by atoms with Crippen LogP contribution in [0.2, 0.25) is 0 Å². The lowest BCUT2D eigenvalue weighted by Gasteiger charge is -2.09. The highest BCUT2D eigenvalue weighted by molar-refractivity contribution is 5.36. The van der Waals surface area contributed by atoms with Crippen molar-refractivity contribution in [2.24, 2.45) is 0 Å². The molecular formula is C15H18N4O. The summed E-state index contributed by atoms with van der Waals surface area (Å²) in [5, 5.41) is 3.34. The molecule has 0 unspecified atom stereocenters. The Labute approximate surface area is 118 Å². The van der Waals surface area contributed by atoms with Crippen LogP contribution in [0.4, 0.5) is 5.82 Å². The van der Waals surface area contributed by atoms with Crippen LogP contribution in [0.1, 0.15) is 23.6 Å². The number of pyridine rings is 1. The van der Waals surface area contributed by atoms with Crippen LogP contribution < -0.4 is 5.32 Å². The lowest BCUT2D eigenvalue weighted by Crippen LogP contribution is -2.08. The highest BCUT2D eigenvalue weighted by Gasteiger charge is 2.19. The molecular weight excluding hydrogens is 252 g/mol. The van der Waals surface area contributed by atoms with Crippen LogP contribution in [0.3, 0.4) is 0 Å². The van der Waals surface area contributed by atoms with Gasteiger partial charge in [0.1, 0.15) is 12.1 Å². The maximum atomic E-state index is 5.40. The Balaban J connectivity index is 1.56. The van der Waals surface area contributed by atoms with Gasteiger partial charge in [-0.1, -0.05) is 0 Å². The Kier molecular flexibility index (Phi) is 4.18. The third-order valence-corrected chi connectivity index (χ3v) is 3.51. The van der Waals surface area contributed by atoms with Crippen LogP contribution in [0, 0.1) is 0 Å². The number of anilines is 1. The fourth-order valence-electron chi connectivity index (χ4n) is 2.34. The molecule has 1 saturated heterocycles. The van der Waals surface area contributed by atoms with Crippen molar-refractivity contribution in [1.82, 2.24) is 15.0 Å². The molecule has 0 saturated carbocycles. The Morgan fingerprint density at radius 3 is 2.95 bits per heavy atom. The average molecular weight is 270 g/mol. The van der Waals surface area contributed by atoms with Gasteiger partial charge in [0, 0.05) is 37.5 Å². The maximum Gasteiger partial charge on any atom is 0.129 e. The number of aromatic nitrogens is 3. The van der Waals surface area contributed by atoms with E-state index in [-0.39, 0.29) is 0 Å². The molecule has 0 radical (unpaired) electrons. The van der Waals surface area contributed by atoms with Gasteiger partial charge in [-0.15, -0.1) is 0 Å². The minimum absolute atomic E-state index is 0.416. The van der Waals surface area contributed by atoms with Crippen molar-refractivity contribution in [3.05, 3.63) is 48.2 Å². The summed E-state index contributed by atoms with van der Waals surface area (Å²) in [6, 6.07) is 6.10. The Morgan fingerprint density at radius 2 is 2.15 bits per heavy atom. The molecule has 1 fully saturated rings. The van der Waals surface area contributed by atoms with Crippen LogP contribution in [-0.2, 0) is 11.2 Å². The summed E-state index contributed by atoms with van der Waals surface area (Å²) in [5.74, 6) is 1.30. The molecule has 1 aliphatic heterocycles. The van der Waals surface area contributed by atoms with E-state index < -0.39 is 0 Å². The van der Waals surface area contributed by atoms with Gasteiger partial charge in [0.05, 0.1) is 12.3 Å². The Bertz CT molecular complexity index is 541. The SMILES string of the molecule is c1cc(CCNc2cc([C@@H]3CCOC3)ncn2)ccn1. The monoisotopic (exact) mass is 270 g/mol. The highest BCUT2D eigenvalue weighted by Crippen LogP contribution is 2.24. The van der Waals surface area contributed by atoms with Crippen LogP contribution in [0.5, 0.6) is 0 Å². The molecule has 5 nitrogen and oxygen atoms in total.